The first-order chi connectivity index (χ1) is 10.1. The van der Waals surface area contributed by atoms with Crippen LogP contribution in [0.15, 0.2) is 24.3 Å². The number of nitrogens with zero attached hydrogens (tertiary/aromatic N) is 2. The van der Waals surface area contributed by atoms with Gasteiger partial charge < -0.3 is 9.80 Å². The number of hydrogen-bond donors (Lipinski definition) is 0. The molecule has 2 amide bonds. The summed E-state index contributed by atoms with van der Waals surface area (Å²) < 4.78 is 0. The fourth-order valence-electron chi connectivity index (χ4n) is 3.73. The van der Waals surface area contributed by atoms with E-state index in [0.717, 1.165) is 24.9 Å². The maximum absolute atomic E-state index is 12.9. The number of carbonyl (C=O) groups is 2. The molecular weight excluding hydrogens is 264 g/mol. The predicted molar refractivity (Wildman–Crippen MR) is 79.9 cm³/mol. The second-order valence-electron chi connectivity index (χ2n) is 6.57. The van der Waals surface area contributed by atoms with Crippen LogP contribution in [-0.4, -0.2) is 35.3 Å². The van der Waals surface area contributed by atoms with E-state index in [9.17, 15) is 9.59 Å². The summed E-state index contributed by atoms with van der Waals surface area (Å²) in [6, 6.07) is 8.72. The molecule has 1 aromatic carbocycles. The van der Waals surface area contributed by atoms with Crippen LogP contribution in [-0.2, 0) is 16.0 Å². The highest BCUT2D eigenvalue weighted by atomic mass is 16.2. The molecule has 1 saturated heterocycles. The van der Waals surface area contributed by atoms with Gasteiger partial charge in [-0.3, -0.25) is 9.59 Å². The smallest absolute Gasteiger partial charge is 0.232 e. The van der Waals surface area contributed by atoms with Crippen molar-refractivity contribution in [2.45, 2.75) is 44.7 Å². The normalized spacial score (nSPS) is 28.1. The molecule has 1 saturated carbocycles. The van der Waals surface area contributed by atoms with Crippen LogP contribution in [0.5, 0.6) is 0 Å². The monoisotopic (exact) mass is 284 g/mol. The van der Waals surface area contributed by atoms with Crippen LogP contribution in [0.25, 0.3) is 0 Å². The van der Waals surface area contributed by atoms with Crippen molar-refractivity contribution in [2.75, 3.05) is 11.4 Å². The summed E-state index contributed by atoms with van der Waals surface area (Å²) in [6.07, 6.45) is 3.51. The molecule has 0 N–H and O–H groups in total. The van der Waals surface area contributed by atoms with Crippen LogP contribution < -0.4 is 4.90 Å². The molecule has 21 heavy (non-hydrogen) atoms. The third kappa shape index (κ3) is 2.04. The first-order valence-electron chi connectivity index (χ1n) is 7.85. The number of carbonyl (C=O) groups excluding carboxylic acids is 2. The van der Waals surface area contributed by atoms with E-state index in [-0.39, 0.29) is 23.8 Å². The number of likely N-dealkylation sites (tertiary alicyclic amines) is 1. The standard InChI is InChI=1S/C17H20N2O2/c1-11-8-12-4-2-3-5-15(12)19(11)17(21)13-9-16(20)18(10-13)14-6-7-14/h2-5,11,13-14H,6-10H2,1H3. The molecule has 0 radical (unpaired) electrons. The van der Waals surface area contributed by atoms with Crippen molar-refractivity contribution >= 4 is 17.5 Å². The number of hydrogen-bond acceptors (Lipinski definition) is 2. The van der Waals surface area contributed by atoms with E-state index in [1.165, 1.54) is 5.56 Å². The SMILES string of the molecule is CC1Cc2ccccc2N1C(=O)C1CC(=O)N(C2CC2)C1. The third-order valence-electron chi connectivity index (χ3n) is 4.94. The van der Waals surface area contributed by atoms with Gasteiger partial charge in [-0.05, 0) is 37.8 Å². The summed E-state index contributed by atoms with van der Waals surface area (Å²) >= 11 is 0. The first-order valence-corrected chi connectivity index (χ1v) is 7.85. The zero-order valence-electron chi connectivity index (χ0n) is 12.3. The number of anilines is 1. The van der Waals surface area contributed by atoms with Crippen LogP contribution in [0.4, 0.5) is 5.69 Å². The summed E-state index contributed by atoms with van der Waals surface area (Å²) in [5, 5.41) is 0. The maximum Gasteiger partial charge on any atom is 0.232 e. The van der Waals surface area contributed by atoms with Gasteiger partial charge in [0, 0.05) is 30.7 Å². The minimum Gasteiger partial charge on any atom is -0.339 e. The topological polar surface area (TPSA) is 40.6 Å². The van der Waals surface area contributed by atoms with Crippen LogP contribution in [0.3, 0.4) is 0 Å². The minimum atomic E-state index is -0.160. The van der Waals surface area contributed by atoms with Crippen molar-refractivity contribution < 1.29 is 9.59 Å². The molecule has 1 aromatic rings. The molecule has 2 heterocycles. The quantitative estimate of drug-likeness (QED) is 0.833. The fraction of sp³-hybridized carbons (Fsp3) is 0.529. The van der Waals surface area contributed by atoms with Crippen LogP contribution in [0.2, 0.25) is 0 Å². The van der Waals surface area contributed by atoms with Gasteiger partial charge in [-0.1, -0.05) is 18.2 Å². The zero-order valence-corrected chi connectivity index (χ0v) is 12.3. The third-order valence-corrected chi connectivity index (χ3v) is 4.94. The Morgan fingerprint density at radius 3 is 2.71 bits per heavy atom. The van der Waals surface area contributed by atoms with Gasteiger partial charge in [0.2, 0.25) is 11.8 Å². The molecule has 0 spiro atoms. The summed E-state index contributed by atoms with van der Waals surface area (Å²) in [5.74, 6) is 0.131. The Bertz CT molecular complexity index is 609. The van der Waals surface area contributed by atoms with Crippen molar-refractivity contribution in [1.29, 1.82) is 0 Å². The molecule has 4 rings (SSSR count). The van der Waals surface area contributed by atoms with Crippen molar-refractivity contribution in [3.63, 3.8) is 0 Å². The molecule has 2 aliphatic heterocycles. The van der Waals surface area contributed by atoms with Gasteiger partial charge in [-0.2, -0.15) is 0 Å². The molecule has 0 bridgehead atoms. The zero-order chi connectivity index (χ0) is 14.6. The average molecular weight is 284 g/mol. The first kappa shape index (κ1) is 12.9. The number of amides is 2. The Labute approximate surface area is 124 Å². The van der Waals surface area contributed by atoms with Gasteiger partial charge in [-0.25, -0.2) is 0 Å². The summed E-state index contributed by atoms with van der Waals surface area (Å²) in [6.45, 7) is 2.71. The predicted octanol–water partition coefficient (Wildman–Crippen LogP) is 1.98. The van der Waals surface area contributed by atoms with Crippen molar-refractivity contribution in [3.05, 3.63) is 29.8 Å². The van der Waals surface area contributed by atoms with E-state index in [1.54, 1.807) is 0 Å². The largest absolute Gasteiger partial charge is 0.339 e. The highest BCUT2D eigenvalue weighted by Crippen LogP contribution is 2.37. The average Bonchev–Trinajstić information content (AvgIpc) is 3.15. The van der Waals surface area contributed by atoms with E-state index in [0.29, 0.717) is 19.0 Å². The minimum absolute atomic E-state index is 0.129. The van der Waals surface area contributed by atoms with Crippen LogP contribution in [0, 0.1) is 5.92 Å². The van der Waals surface area contributed by atoms with E-state index in [1.807, 2.05) is 28.0 Å². The highest BCUT2D eigenvalue weighted by molar-refractivity contribution is 6.01. The van der Waals surface area contributed by atoms with Gasteiger partial charge >= 0.3 is 0 Å². The van der Waals surface area contributed by atoms with Gasteiger partial charge in [0.25, 0.3) is 0 Å². The summed E-state index contributed by atoms with van der Waals surface area (Å²) in [5.41, 5.74) is 2.27. The van der Waals surface area contributed by atoms with Crippen LogP contribution in [0.1, 0.15) is 31.7 Å². The Hall–Kier alpha value is -1.84. The van der Waals surface area contributed by atoms with E-state index >= 15 is 0 Å². The van der Waals surface area contributed by atoms with Gasteiger partial charge in [0.1, 0.15) is 0 Å². The van der Waals surface area contributed by atoms with Gasteiger partial charge in [0.05, 0.1) is 5.92 Å². The molecule has 1 aliphatic carbocycles. The summed E-state index contributed by atoms with van der Waals surface area (Å²) in [4.78, 5) is 28.8. The van der Waals surface area contributed by atoms with E-state index < -0.39 is 0 Å². The van der Waals surface area contributed by atoms with Crippen LogP contribution >= 0.6 is 0 Å². The van der Waals surface area contributed by atoms with Gasteiger partial charge in [0.15, 0.2) is 0 Å². The molecule has 110 valence electrons. The molecule has 2 atom stereocenters. The second kappa shape index (κ2) is 4.58. The van der Waals surface area contributed by atoms with Crippen molar-refractivity contribution in [1.82, 2.24) is 4.90 Å². The van der Waals surface area contributed by atoms with E-state index in [2.05, 4.69) is 13.0 Å². The lowest BCUT2D eigenvalue weighted by atomic mass is 10.1. The summed E-state index contributed by atoms with van der Waals surface area (Å²) in [7, 11) is 0. The lowest BCUT2D eigenvalue weighted by Gasteiger charge is -2.26. The Morgan fingerprint density at radius 2 is 1.95 bits per heavy atom. The Morgan fingerprint density at radius 1 is 1.19 bits per heavy atom. The lowest BCUT2D eigenvalue weighted by Crippen LogP contribution is -2.41. The number of rotatable bonds is 2. The molecule has 3 aliphatic rings. The Balaban J connectivity index is 1.56. The fourth-order valence-corrected chi connectivity index (χ4v) is 3.73. The van der Waals surface area contributed by atoms with Gasteiger partial charge in [-0.15, -0.1) is 0 Å². The highest BCUT2D eigenvalue weighted by Gasteiger charge is 2.44. The van der Waals surface area contributed by atoms with Crippen molar-refractivity contribution in [2.24, 2.45) is 5.92 Å². The molecule has 0 aromatic heterocycles. The second-order valence-corrected chi connectivity index (χ2v) is 6.57. The Kier molecular flexibility index (Phi) is 2.81. The number of fused-ring (bicyclic) bond motifs is 1. The van der Waals surface area contributed by atoms with Crippen molar-refractivity contribution in [3.8, 4) is 0 Å². The molecule has 2 fully saturated rings. The molecule has 4 heteroatoms. The molecular formula is C17H20N2O2. The molecule has 2 unspecified atom stereocenters. The lowest BCUT2D eigenvalue weighted by molar-refractivity contribution is -0.128. The maximum atomic E-state index is 12.9. The number of para-hydroxylation sites is 1. The van der Waals surface area contributed by atoms with E-state index in [4.69, 9.17) is 0 Å². The molecule has 4 nitrogen and oxygen atoms in total. The number of benzene rings is 1.